The van der Waals surface area contributed by atoms with Crippen LogP contribution in [0.1, 0.15) is 11.3 Å². The number of benzene rings is 2. The van der Waals surface area contributed by atoms with Crippen LogP contribution in [0.15, 0.2) is 54.6 Å². The van der Waals surface area contributed by atoms with Crippen molar-refractivity contribution in [3.05, 3.63) is 77.5 Å². The van der Waals surface area contributed by atoms with E-state index in [4.69, 9.17) is 0 Å². The van der Waals surface area contributed by atoms with Gasteiger partial charge in [-0.1, -0.05) is 18.2 Å². The molecule has 0 aliphatic heterocycles. The number of pyridine rings is 1. The number of aryl methyl sites for hydroxylation is 2. The summed E-state index contributed by atoms with van der Waals surface area (Å²) < 4.78 is 26.8. The van der Waals surface area contributed by atoms with Crippen LogP contribution in [0, 0.1) is 25.5 Å². The maximum absolute atomic E-state index is 13.4. The van der Waals surface area contributed by atoms with Crippen molar-refractivity contribution in [1.82, 2.24) is 4.98 Å². The number of hydrogen-bond acceptors (Lipinski definition) is 1. The van der Waals surface area contributed by atoms with Crippen LogP contribution < -0.4 is 0 Å². The lowest BCUT2D eigenvalue weighted by Crippen LogP contribution is -1.90. The number of halogens is 2. The highest BCUT2D eigenvalue weighted by atomic mass is 19.1. The fourth-order valence-electron chi connectivity index (χ4n) is 2.57. The van der Waals surface area contributed by atoms with Crippen LogP contribution in [0.2, 0.25) is 0 Å². The molecule has 0 saturated heterocycles. The van der Waals surface area contributed by atoms with Gasteiger partial charge in [-0.2, -0.15) is 0 Å². The van der Waals surface area contributed by atoms with E-state index in [1.54, 1.807) is 0 Å². The summed E-state index contributed by atoms with van der Waals surface area (Å²) in [5.74, 6) is -1.16. The van der Waals surface area contributed by atoms with Crippen LogP contribution in [0.4, 0.5) is 8.78 Å². The molecule has 0 radical (unpaired) electrons. The van der Waals surface area contributed by atoms with Gasteiger partial charge in [0.05, 0.1) is 5.69 Å². The molecule has 0 atom stereocenters. The van der Waals surface area contributed by atoms with Crippen molar-refractivity contribution < 1.29 is 8.78 Å². The molecular formula is C19H15F2N. The third-order valence-electron chi connectivity index (χ3n) is 3.45. The monoisotopic (exact) mass is 295 g/mol. The largest absolute Gasteiger partial charge is 0.253 e. The molecule has 22 heavy (non-hydrogen) atoms. The molecule has 0 N–H and O–H groups in total. The molecule has 110 valence electrons. The summed E-state index contributed by atoms with van der Waals surface area (Å²) in [5, 5.41) is 0. The first-order valence-corrected chi connectivity index (χ1v) is 7.03. The quantitative estimate of drug-likeness (QED) is 0.624. The van der Waals surface area contributed by atoms with E-state index in [1.807, 2.05) is 50.2 Å². The Kier molecular flexibility index (Phi) is 3.72. The van der Waals surface area contributed by atoms with E-state index in [0.717, 1.165) is 34.1 Å². The topological polar surface area (TPSA) is 12.9 Å². The van der Waals surface area contributed by atoms with Gasteiger partial charge in [0, 0.05) is 17.3 Å². The highest BCUT2D eigenvalue weighted by molar-refractivity contribution is 5.71. The van der Waals surface area contributed by atoms with E-state index in [0.29, 0.717) is 5.56 Å². The van der Waals surface area contributed by atoms with Crippen LogP contribution in [-0.2, 0) is 0 Å². The fourth-order valence-corrected chi connectivity index (χ4v) is 2.57. The Morgan fingerprint density at radius 1 is 0.727 bits per heavy atom. The molecule has 1 heterocycles. The second-order valence-electron chi connectivity index (χ2n) is 5.41. The Morgan fingerprint density at radius 3 is 2.09 bits per heavy atom. The molecule has 1 nitrogen and oxygen atoms in total. The summed E-state index contributed by atoms with van der Waals surface area (Å²) in [4.78, 5) is 4.53. The highest BCUT2D eigenvalue weighted by Crippen LogP contribution is 2.27. The first-order valence-electron chi connectivity index (χ1n) is 7.03. The molecule has 0 unspecified atom stereocenters. The molecule has 0 spiro atoms. The smallest absolute Gasteiger partial charge is 0.126 e. The van der Waals surface area contributed by atoms with Gasteiger partial charge in [-0.05, 0) is 60.9 Å². The van der Waals surface area contributed by atoms with E-state index < -0.39 is 11.6 Å². The lowest BCUT2D eigenvalue weighted by molar-refractivity contribution is 0.584. The van der Waals surface area contributed by atoms with Gasteiger partial charge in [0.2, 0.25) is 0 Å². The van der Waals surface area contributed by atoms with Crippen LogP contribution in [-0.4, -0.2) is 4.98 Å². The predicted molar refractivity (Wildman–Crippen MR) is 84.5 cm³/mol. The summed E-state index contributed by atoms with van der Waals surface area (Å²) in [5.41, 5.74) is 5.13. The number of rotatable bonds is 2. The maximum atomic E-state index is 13.4. The van der Waals surface area contributed by atoms with Gasteiger partial charge in [-0.15, -0.1) is 0 Å². The SMILES string of the molecule is Cc1cc(C)nc(-c2cccc(-c3cc(F)cc(F)c3)c2)c1. The van der Waals surface area contributed by atoms with Gasteiger partial charge < -0.3 is 0 Å². The Bertz CT molecular complexity index is 733. The highest BCUT2D eigenvalue weighted by Gasteiger charge is 2.06. The molecule has 0 aliphatic carbocycles. The van der Waals surface area contributed by atoms with E-state index in [1.165, 1.54) is 12.1 Å². The summed E-state index contributed by atoms with van der Waals surface area (Å²) in [6.45, 7) is 3.96. The second-order valence-corrected chi connectivity index (χ2v) is 5.41. The van der Waals surface area contributed by atoms with E-state index in [2.05, 4.69) is 4.98 Å². The minimum Gasteiger partial charge on any atom is -0.253 e. The molecule has 0 aliphatic rings. The van der Waals surface area contributed by atoms with Crippen molar-refractivity contribution in [2.24, 2.45) is 0 Å². The number of aromatic nitrogens is 1. The van der Waals surface area contributed by atoms with Crippen LogP contribution >= 0.6 is 0 Å². The molecule has 0 saturated carbocycles. The van der Waals surface area contributed by atoms with Gasteiger partial charge in [0.15, 0.2) is 0 Å². The standard InChI is InChI=1S/C19H15F2N/c1-12-6-13(2)22-19(7-12)15-5-3-4-14(8-15)16-9-17(20)11-18(21)10-16/h3-11H,1-2H3. The molecule has 3 rings (SSSR count). The minimum absolute atomic E-state index is 0.517. The van der Waals surface area contributed by atoms with Crippen LogP contribution in [0.5, 0.6) is 0 Å². The molecule has 2 aromatic carbocycles. The third kappa shape index (κ3) is 3.03. The molecule has 3 aromatic rings. The minimum atomic E-state index is -0.579. The maximum Gasteiger partial charge on any atom is 0.126 e. The van der Waals surface area contributed by atoms with Gasteiger partial charge in [-0.3, -0.25) is 4.98 Å². The fraction of sp³-hybridized carbons (Fsp3) is 0.105. The Labute approximate surface area is 128 Å². The number of nitrogens with zero attached hydrogens (tertiary/aromatic N) is 1. The first kappa shape index (κ1) is 14.4. The van der Waals surface area contributed by atoms with Gasteiger partial charge in [0.25, 0.3) is 0 Å². The van der Waals surface area contributed by atoms with E-state index >= 15 is 0 Å². The van der Waals surface area contributed by atoms with Crippen molar-refractivity contribution in [3.8, 4) is 22.4 Å². The molecule has 0 fully saturated rings. The van der Waals surface area contributed by atoms with Crippen molar-refractivity contribution in [2.75, 3.05) is 0 Å². The van der Waals surface area contributed by atoms with Gasteiger partial charge >= 0.3 is 0 Å². The lowest BCUT2D eigenvalue weighted by Gasteiger charge is -2.08. The summed E-state index contributed by atoms with van der Waals surface area (Å²) in [6, 6.07) is 15.1. The van der Waals surface area contributed by atoms with Crippen molar-refractivity contribution in [3.63, 3.8) is 0 Å². The summed E-state index contributed by atoms with van der Waals surface area (Å²) in [6.07, 6.45) is 0. The van der Waals surface area contributed by atoms with Crippen molar-refractivity contribution in [1.29, 1.82) is 0 Å². The Hall–Kier alpha value is -2.55. The second kappa shape index (κ2) is 5.68. The normalized spacial score (nSPS) is 10.7. The average Bonchev–Trinajstić information content (AvgIpc) is 2.45. The van der Waals surface area contributed by atoms with Crippen molar-refractivity contribution >= 4 is 0 Å². The molecular weight excluding hydrogens is 280 g/mol. The van der Waals surface area contributed by atoms with Gasteiger partial charge in [0.1, 0.15) is 11.6 Å². The van der Waals surface area contributed by atoms with E-state index in [-0.39, 0.29) is 0 Å². The zero-order valence-corrected chi connectivity index (χ0v) is 12.4. The molecule has 1 aromatic heterocycles. The summed E-state index contributed by atoms with van der Waals surface area (Å²) in [7, 11) is 0. The zero-order chi connectivity index (χ0) is 15.7. The molecule has 3 heteroatoms. The Morgan fingerprint density at radius 2 is 1.41 bits per heavy atom. The third-order valence-corrected chi connectivity index (χ3v) is 3.45. The predicted octanol–water partition coefficient (Wildman–Crippen LogP) is 5.31. The van der Waals surface area contributed by atoms with Crippen LogP contribution in [0.3, 0.4) is 0 Å². The van der Waals surface area contributed by atoms with E-state index in [9.17, 15) is 8.78 Å². The average molecular weight is 295 g/mol. The Balaban J connectivity index is 2.09. The van der Waals surface area contributed by atoms with Gasteiger partial charge in [-0.25, -0.2) is 8.78 Å². The van der Waals surface area contributed by atoms with Crippen molar-refractivity contribution in [2.45, 2.75) is 13.8 Å². The lowest BCUT2D eigenvalue weighted by atomic mass is 10.0. The molecule has 0 amide bonds. The molecule has 0 bridgehead atoms. The zero-order valence-electron chi connectivity index (χ0n) is 12.4. The number of hydrogen-bond donors (Lipinski definition) is 0. The van der Waals surface area contributed by atoms with Crippen LogP contribution in [0.25, 0.3) is 22.4 Å². The summed E-state index contributed by atoms with van der Waals surface area (Å²) >= 11 is 0. The first-order chi connectivity index (χ1) is 10.5.